The molecule has 1 heterocycles. The number of hydrogen-bond donors (Lipinski definition) is 2. The maximum atomic E-state index is 10.5. The van der Waals surface area contributed by atoms with Crippen molar-refractivity contribution in [2.24, 2.45) is 5.73 Å². The molecule has 88 valence electrons. The average Bonchev–Trinajstić information content (AvgIpc) is 2.68. The number of nitrogens with two attached hydrogens (primary N) is 2. The molecule has 6 nitrogen and oxygen atoms in total. The van der Waals surface area contributed by atoms with Crippen LogP contribution in [0.2, 0.25) is 0 Å². The molecule has 1 aromatic heterocycles. The zero-order valence-electron chi connectivity index (χ0n) is 9.04. The van der Waals surface area contributed by atoms with E-state index in [0.717, 1.165) is 5.56 Å². The van der Waals surface area contributed by atoms with Crippen molar-refractivity contribution in [3.05, 3.63) is 42.2 Å². The second kappa shape index (κ2) is 4.56. The van der Waals surface area contributed by atoms with Crippen LogP contribution in [0.3, 0.4) is 0 Å². The van der Waals surface area contributed by atoms with Gasteiger partial charge in [-0.25, -0.2) is 4.79 Å². The molecular weight excluding hydrogens is 220 g/mol. The summed E-state index contributed by atoms with van der Waals surface area (Å²) in [5.74, 6) is 0.327. The van der Waals surface area contributed by atoms with Gasteiger partial charge in [0.2, 0.25) is 0 Å². The Morgan fingerprint density at radius 2 is 2.06 bits per heavy atom. The van der Waals surface area contributed by atoms with Crippen molar-refractivity contribution >= 4 is 11.8 Å². The highest BCUT2D eigenvalue weighted by Gasteiger charge is 2.03. The number of carbonyl (C=O) groups is 1. The quantitative estimate of drug-likeness (QED) is 0.770. The molecule has 0 spiro atoms. The number of carbonyl (C=O) groups excluding carboxylic acids is 1. The summed E-state index contributed by atoms with van der Waals surface area (Å²) in [6, 6.07) is 7.45. The van der Waals surface area contributed by atoms with Crippen molar-refractivity contribution in [2.45, 2.75) is 6.54 Å². The predicted molar refractivity (Wildman–Crippen MR) is 62.4 cm³/mol. The molecule has 0 aliphatic carbocycles. The Balaban J connectivity index is 2.06. The predicted octanol–water partition coefficient (Wildman–Crippen LogP) is 0.971. The van der Waals surface area contributed by atoms with Crippen molar-refractivity contribution in [3.8, 4) is 5.75 Å². The number of hydrogen-bond acceptors (Lipinski definition) is 4. The van der Waals surface area contributed by atoms with E-state index in [-0.39, 0.29) is 0 Å². The van der Waals surface area contributed by atoms with E-state index < -0.39 is 6.09 Å². The van der Waals surface area contributed by atoms with E-state index in [1.165, 1.54) is 6.20 Å². The first-order valence-corrected chi connectivity index (χ1v) is 4.97. The Morgan fingerprint density at radius 3 is 2.71 bits per heavy atom. The normalized spacial score (nSPS) is 10.1. The minimum atomic E-state index is -0.850. The Labute approximate surface area is 97.8 Å². The molecule has 4 N–H and O–H groups in total. The first-order chi connectivity index (χ1) is 8.13. The summed E-state index contributed by atoms with van der Waals surface area (Å²) in [5, 5.41) is 4.04. The highest BCUT2D eigenvalue weighted by molar-refractivity contribution is 5.67. The fourth-order valence-corrected chi connectivity index (χ4v) is 1.41. The van der Waals surface area contributed by atoms with Gasteiger partial charge in [0.15, 0.2) is 5.75 Å². The van der Waals surface area contributed by atoms with Gasteiger partial charge in [-0.2, -0.15) is 5.10 Å². The SMILES string of the molecule is NC(=O)Oc1cnn(Cc2ccc(N)cc2)c1. The third-order valence-corrected chi connectivity index (χ3v) is 2.15. The Kier molecular flexibility index (Phi) is 2.95. The van der Waals surface area contributed by atoms with Crippen LogP contribution >= 0.6 is 0 Å². The highest BCUT2D eigenvalue weighted by Crippen LogP contribution is 2.11. The second-order valence-corrected chi connectivity index (χ2v) is 3.54. The van der Waals surface area contributed by atoms with E-state index in [0.29, 0.717) is 18.0 Å². The Hall–Kier alpha value is -2.50. The summed E-state index contributed by atoms with van der Waals surface area (Å²) in [7, 11) is 0. The van der Waals surface area contributed by atoms with Crippen LogP contribution in [0.1, 0.15) is 5.56 Å². The van der Waals surface area contributed by atoms with Crippen LogP contribution < -0.4 is 16.2 Å². The van der Waals surface area contributed by atoms with Gasteiger partial charge in [-0.3, -0.25) is 4.68 Å². The molecule has 2 aromatic rings. The lowest BCUT2D eigenvalue weighted by Gasteiger charge is -2.01. The number of benzene rings is 1. The van der Waals surface area contributed by atoms with Gasteiger partial charge in [-0.1, -0.05) is 12.1 Å². The van der Waals surface area contributed by atoms with Crippen molar-refractivity contribution < 1.29 is 9.53 Å². The Morgan fingerprint density at radius 1 is 1.35 bits per heavy atom. The lowest BCUT2D eigenvalue weighted by Crippen LogP contribution is -2.15. The number of anilines is 1. The minimum Gasteiger partial charge on any atom is -0.407 e. The smallest absolute Gasteiger partial charge is 0.407 e. The second-order valence-electron chi connectivity index (χ2n) is 3.54. The zero-order valence-corrected chi connectivity index (χ0v) is 9.04. The number of nitrogen functional groups attached to an aromatic ring is 1. The van der Waals surface area contributed by atoms with Crippen LogP contribution in [-0.2, 0) is 6.54 Å². The summed E-state index contributed by atoms with van der Waals surface area (Å²) >= 11 is 0. The van der Waals surface area contributed by atoms with Crippen LogP contribution in [0.4, 0.5) is 10.5 Å². The van der Waals surface area contributed by atoms with E-state index in [4.69, 9.17) is 11.5 Å². The van der Waals surface area contributed by atoms with Gasteiger partial charge in [-0.05, 0) is 17.7 Å². The zero-order chi connectivity index (χ0) is 12.3. The molecule has 17 heavy (non-hydrogen) atoms. The van der Waals surface area contributed by atoms with E-state index in [9.17, 15) is 4.79 Å². The van der Waals surface area contributed by atoms with Gasteiger partial charge in [0.1, 0.15) is 0 Å². The first kappa shape index (κ1) is 11.0. The summed E-state index contributed by atoms with van der Waals surface area (Å²) in [4.78, 5) is 10.5. The molecule has 0 saturated carbocycles. The topological polar surface area (TPSA) is 96.2 Å². The molecule has 0 radical (unpaired) electrons. The summed E-state index contributed by atoms with van der Waals surface area (Å²) < 4.78 is 6.33. The lowest BCUT2D eigenvalue weighted by atomic mass is 10.2. The molecule has 0 fully saturated rings. The maximum Gasteiger partial charge on any atom is 0.410 e. The minimum absolute atomic E-state index is 0.327. The van der Waals surface area contributed by atoms with E-state index in [1.807, 2.05) is 24.3 Å². The van der Waals surface area contributed by atoms with E-state index >= 15 is 0 Å². The van der Waals surface area contributed by atoms with Gasteiger partial charge in [0.25, 0.3) is 0 Å². The number of amides is 1. The largest absolute Gasteiger partial charge is 0.410 e. The van der Waals surface area contributed by atoms with Crippen molar-refractivity contribution in [1.29, 1.82) is 0 Å². The number of rotatable bonds is 3. The molecule has 2 rings (SSSR count). The van der Waals surface area contributed by atoms with Crippen molar-refractivity contribution in [3.63, 3.8) is 0 Å². The van der Waals surface area contributed by atoms with Gasteiger partial charge >= 0.3 is 6.09 Å². The highest BCUT2D eigenvalue weighted by atomic mass is 16.5. The summed E-state index contributed by atoms with van der Waals surface area (Å²) in [6.45, 7) is 0.572. The molecule has 1 amide bonds. The molecular formula is C11H12N4O2. The van der Waals surface area contributed by atoms with Crippen LogP contribution in [0.15, 0.2) is 36.7 Å². The standard InChI is InChI=1S/C11H12N4O2/c12-9-3-1-8(2-4-9)6-15-7-10(5-14-15)17-11(13)16/h1-5,7H,6,12H2,(H2,13,16). The molecule has 0 atom stereocenters. The number of aromatic nitrogens is 2. The number of primary amides is 1. The lowest BCUT2D eigenvalue weighted by molar-refractivity contribution is 0.211. The number of nitrogens with zero attached hydrogens (tertiary/aromatic N) is 2. The fraction of sp³-hybridized carbons (Fsp3) is 0.0909. The Bertz CT molecular complexity index is 519. The molecule has 0 aliphatic rings. The first-order valence-electron chi connectivity index (χ1n) is 4.97. The average molecular weight is 232 g/mol. The van der Waals surface area contributed by atoms with Crippen molar-refractivity contribution in [1.82, 2.24) is 9.78 Å². The van der Waals surface area contributed by atoms with Crippen molar-refractivity contribution in [2.75, 3.05) is 5.73 Å². The van der Waals surface area contributed by atoms with E-state index in [2.05, 4.69) is 9.84 Å². The third-order valence-electron chi connectivity index (χ3n) is 2.15. The molecule has 6 heteroatoms. The van der Waals surface area contributed by atoms with Gasteiger partial charge < -0.3 is 16.2 Å². The van der Waals surface area contributed by atoms with Crippen LogP contribution in [0.5, 0.6) is 5.75 Å². The number of ether oxygens (including phenoxy) is 1. The third kappa shape index (κ3) is 2.97. The maximum absolute atomic E-state index is 10.5. The fourth-order valence-electron chi connectivity index (χ4n) is 1.41. The van der Waals surface area contributed by atoms with Crippen LogP contribution in [0.25, 0.3) is 0 Å². The van der Waals surface area contributed by atoms with Gasteiger partial charge in [0, 0.05) is 5.69 Å². The summed E-state index contributed by atoms with van der Waals surface area (Å²) in [5.41, 5.74) is 12.2. The van der Waals surface area contributed by atoms with Crippen LogP contribution in [0, 0.1) is 0 Å². The molecule has 0 unspecified atom stereocenters. The monoisotopic (exact) mass is 232 g/mol. The molecule has 0 bridgehead atoms. The summed E-state index contributed by atoms with van der Waals surface area (Å²) in [6.07, 6.45) is 2.18. The van der Waals surface area contributed by atoms with Crippen LogP contribution in [-0.4, -0.2) is 15.9 Å². The molecule has 0 saturated heterocycles. The van der Waals surface area contributed by atoms with Gasteiger partial charge in [-0.15, -0.1) is 0 Å². The van der Waals surface area contributed by atoms with Gasteiger partial charge in [0.05, 0.1) is 18.9 Å². The van der Waals surface area contributed by atoms with E-state index in [1.54, 1.807) is 10.9 Å². The molecule has 0 aliphatic heterocycles. The molecule has 1 aromatic carbocycles.